The maximum atomic E-state index is 13.0. The fraction of sp³-hybridized carbons (Fsp3) is 0.433. The fourth-order valence-corrected chi connectivity index (χ4v) is 4.05. The number of hydrogen-bond donors (Lipinski definition) is 2. The minimum absolute atomic E-state index is 0.114. The van der Waals surface area contributed by atoms with Gasteiger partial charge in [-0.05, 0) is 78.8 Å². The average molecular weight is 559 g/mol. The lowest BCUT2D eigenvalue weighted by Gasteiger charge is -2.29. The number of carbonyl (C=O) groups is 1. The van der Waals surface area contributed by atoms with E-state index in [4.69, 9.17) is 14.8 Å². The van der Waals surface area contributed by atoms with Crippen LogP contribution in [0.25, 0.3) is 11.1 Å². The molecule has 3 heterocycles. The number of amides is 1. The number of carbonyl (C=O) groups excluding carboxylic acids is 1. The lowest BCUT2D eigenvalue weighted by Crippen LogP contribution is -2.36. The molecule has 1 saturated heterocycles. The van der Waals surface area contributed by atoms with Crippen LogP contribution in [0.5, 0.6) is 0 Å². The largest absolute Gasteiger partial charge is 0.433 e. The lowest BCUT2D eigenvalue weighted by molar-refractivity contribution is -0.141. The first-order chi connectivity index (χ1) is 19.1. The highest BCUT2D eigenvalue weighted by Crippen LogP contribution is 2.33. The first-order valence-electron chi connectivity index (χ1n) is 13.5. The smallest absolute Gasteiger partial charge is 0.396 e. The molecule has 1 atom stereocenters. The summed E-state index contributed by atoms with van der Waals surface area (Å²) < 4.78 is 44.5. The number of alkyl halides is 3. The summed E-state index contributed by atoms with van der Waals surface area (Å²) in [6, 6.07) is 11.6. The van der Waals surface area contributed by atoms with Crippen LogP contribution in [0.4, 0.5) is 24.7 Å². The molecule has 1 unspecified atom stereocenters. The Bertz CT molecular complexity index is 1280. The molecule has 3 aromatic rings. The van der Waals surface area contributed by atoms with Crippen molar-refractivity contribution in [3.8, 4) is 11.1 Å². The predicted molar refractivity (Wildman–Crippen MR) is 151 cm³/mol. The molecule has 4 rings (SSSR count). The van der Waals surface area contributed by atoms with E-state index in [9.17, 15) is 18.0 Å². The van der Waals surface area contributed by atoms with Crippen LogP contribution >= 0.6 is 0 Å². The SMILES string of the molecule is CCC(C)c1cc(-c2cc(NC(=O)c3ccnc(C(F)(F)F)c3)ccc2C)cc(N2CCOCC2)n1.CCCO. The van der Waals surface area contributed by atoms with Crippen molar-refractivity contribution in [2.75, 3.05) is 43.1 Å². The van der Waals surface area contributed by atoms with Crippen molar-refractivity contribution >= 4 is 17.4 Å². The van der Waals surface area contributed by atoms with Gasteiger partial charge in [0.25, 0.3) is 5.91 Å². The summed E-state index contributed by atoms with van der Waals surface area (Å²) in [4.78, 5) is 23.2. The van der Waals surface area contributed by atoms with E-state index in [0.29, 0.717) is 25.5 Å². The number of aliphatic hydroxyl groups is 1. The number of aryl methyl sites for hydroxylation is 1. The number of anilines is 2. The normalized spacial score (nSPS) is 14.2. The first-order valence-corrected chi connectivity index (χ1v) is 13.5. The second-order valence-corrected chi connectivity index (χ2v) is 9.68. The van der Waals surface area contributed by atoms with Gasteiger partial charge in [-0.3, -0.25) is 9.78 Å². The van der Waals surface area contributed by atoms with Crippen molar-refractivity contribution in [3.63, 3.8) is 0 Å². The topological polar surface area (TPSA) is 87.6 Å². The average Bonchev–Trinajstić information content (AvgIpc) is 2.97. The molecule has 0 bridgehead atoms. The number of halogens is 3. The highest BCUT2D eigenvalue weighted by molar-refractivity contribution is 6.04. The summed E-state index contributed by atoms with van der Waals surface area (Å²) in [5.41, 5.74) is 3.15. The molecular formula is C30H37F3N4O3. The Kier molecular flexibility index (Phi) is 11.0. The van der Waals surface area contributed by atoms with E-state index >= 15 is 0 Å². The minimum Gasteiger partial charge on any atom is -0.396 e. The Morgan fingerprint density at radius 3 is 2.45 bits per heavy atom. The summed E-state index contributed by atoms with van der Waals surface area (Å²) in [7, 11) is 0. The van der Waals surface area contributed by atoms with E-state index < -0.39 is 17.8 Å². The highest BCUT2D eigenvalue weighted by atomic mass is 19.4. The number of morpholine rings is 1. The number of pyridine rings is 2. The van der Waals surface area contributed by atoms with E-state index in [0.717, 1.165) is 66.4 Å². The maximum Gasteiger partial charge on any atom is 0.433 e. The fourth-order valence-electron chi connectivity index (χ4n) is 4.05. The van der Waals surface area contributed by atoms with Crippen LogP contribution in [-0.2, 0) is 10.9 Å². The third-order valence-electron chi connectivity index (χ3n) is 6.63. The summed E-state index contributed by atoms with van der Waals surface area (Å²) in [5, 5.41) is 10.6. The molecular weight excluding hydrogens is 521 g/mol. The number of aromatic nitrogens is 2. The van der Waals surface area contributed by atoms with Gasteiger partial charge in [0, 0.05) is 42.8 Å². The number of rotatable bonds is 7. The summed E-state index contributed by atoms with van der Waals surface area (Å²) in [5.74, 6) is 0.514. The molecule has 1 aliphatic heterocycles. The van der Waals surface area contributed by atoms with Crippen LogP contribution in [0.2, 0.25) is 0 Å². The van der Waals surface area contributed by atoms with Gasteiger partial charge in [0.1, 0.15) is 11.5 Å². The van der Waals surface area contributed by atoms with Gasteiger partial charge in [-0.1, -0.05) is 26.8 Å². The van der Waals surface area contributed by atoms with Crippen LogP contribution in [0.1, 0.15) is 66.8 Å². The zero-order valence-corrected chi connectivity index (χ0v) is 23.4. The molecule has 216 valence electrons. The molecule has 1 amide bonds. The van der Waals surface area contributed by atoms with Gasteiger partial charge in [-0.15, -0.1) is 0 Å². The highest BCUT2D eigenvalue weighted by Gasteiger charge is 2.33. The van der Waals surface area contributed by atoms with Crippen molar-refractivity contribution in [2.24, 2.45) is 0 Å². The van der Waals surface area contributed by atoms with Gasteiger partial charge in [0.2, 0.25) is 0 Å². The lowest BCUT2D eigenvalue weighted by atomic mass is 9.96. The third kappa shape index (κ3) is 8.25. The van der Waals surface area contributed by atoms with Crippen LogP contribution in [0.15, 0.2) is 48.7 Å². The van der Waals surface area contributed by atoms with Crippen molar-refractivity contribution < 1.29 is 27.8 Å². The molecule has 1 aromatic carbocycles. The molecule has 1 aliphatic rings. The van der Waals surface area contributed by atoms with Crippen LogP contribution in [0, 0.1) is 6.92 Å². The first kappa shape index (κ1) is 31.0. The van der Waals surface area contributed by atoms with Gasteiger partial charge in [0.05, 0.1) is 13.2 Å². The number of ether oxygens (including phenoxy) is 1. The molecule has 10 heteroatoms. The van der Waals surface area contributed by atoms with E-state index in [-0.39, 0.29) is 11.5 Å². The summed E-state index contributed by atoms with van der Waals surface area (Å²) in [6.07, 6.45) is -1.82. The molecule has 1 fully saturated rings. The Morgan fingerprint density at radius 2 is 1.82 bits per heavy atom. The quantitative estimate of drug-likeness (QED) is 0.346. The van der Waals surface area contributed by atoms with Gasteiger partial charge in [-0.25, -0.2) is 4.98 Å². The Morgan fingerprint density at radius 1 is 1.12 bits per heavy atom. The van der Waals surface area contributed by atoms with E-state index in [1.165, 1.54) is 6.07 Å². The number of nitrogens with zero attached hydrogens (tertiary/aromatic N) is 3. The molecule has 2 N–H and O–H groups in total. The molecule has 0 radical (unpaired) electrons. The minimum atomic E-state index is -4.62. The van der Waals surface area contributed by atoms with Gasteiger partial charge >= 0.3 is 6.18 Å². The predicted octanol–water partition coefficient (Wildman–Crippen LogP) is 6.46. The van der Waals surface area contributed by atoms with Gasteiger partial charge in [-0.2, -0.15) is 13.2 Å². The van der Waals surface area contributed by atoms with Crippen molar-refractivity contribution in [3.05, 3.63) is 71.2 Å². The number of hydrogen-bond acceptors (Lipinski definition) is 6. The van der Waals surface area contributed by atoms with Gasteiger partial charge in [0.15, 0.2) is 0 Å². The van der Waals surface area contributed by atoms with Crippen molar-refractivity contribution in [1.29, 1.82) is 0 Å². The van der Waals surface area contributed by atoms with E-state index in [1.54, 1.807) is 6.07 Å². The van der Waals surface area contributed by atoms with Crippen LogP contribution in [-0.4, -0.2) is 53.9 Å². The molecule has 2 aromatic heterocycles. The standard InChI is InChI=1S/C27H29F3N4O2.C3H8O/c1-4-17(2)23-13-20(15-25(33-23)34-9-11-36-12-10-34)22-16-21(6-5-18(22)3)32-26(35)19-7-8-31-24(14-19)27(28,29)30;1-2-3-4/h5-8,13-17H,4,9-12H2,1-3H3,(H,32,35);4H,2-3H2,1H3. The molecule has 0 aliphatic carbocycles. The zero-order chi connectivity index (χ0) is 29.3. The van der Waals surface area contributed by atoms with Crippen molar-refractivity contribution in [1.82, 2.24) is 9.97 Å². The summed E-state index contributed by atoms with van der Waals surface area (Å²) >= 11 is 0. The van der Waals surface area contributed by atoms with Crippen molar-refractivity contribution in [2.45, 2.75) is 52.6 Å². The van der Waals surface area contributed by atoms with Gasteiger partial charge < -0.3 is 20.1 Å². The monoisotopic (exact) mass is 558 g/mol. The van der Waals surface area contributed by atoms with E-state index in [1.807, 2.05) is 32.0 Å². The third-order valence-corrected chi connectivity index (χ3v) is 6.63. The second kappa shape index (κ2) is 14.2. The molecule has 7 nitrogen and oxygen atoms in total. The molecule has 0 spiro atoms. The van der Waals surface area contributed by atoms with Crippen LogP contribution < -0.4 is 10.2 Å². The maximum absolute atomic E-state index is 13.0. The Hall–Kier alpha value is -3.50. The molecule has 40 heavy (non-hydrogen) atoms. The van der Waals surface area contributed by atoms with E-state index in [2.05, 4.69) is 35.1 Å². The Labute approximate surface area is 233 Å². The zero-order valence-electron chi connectivity index (χ0n) is 23.4. The number of nitrogens with one attached hydrogen (secondary N) is 1. The number of benzene rings is 1. The second-order valence-electron chi connectivity index (χ2n) is 9.68. The summed E-state index contributed by atoms with van der Waals surface area (Å²) in [6.45, 7) is 11.3. The number of aliphatic hydroxyl groups excluding tert-OH is 1. The molecule has 0 saturated carbocycles. The Balaban J connectivity index is 0.00000103. The van der Waals surface area contributed by atoms with Crippen LogP contribution in [0.3, 0.4) is 0 Å².